The first-order chi connectivity index (χ1) is 18.5. The molecule has 0 spiro atoms. The van der Waals surface area contributed by atoms with Gasteiger partial charge in [-0.3, -0.25) is 28.3 Å². The van der Waals surface area contributed by atoms with E-state index in [9.17, 15) is 19.2 Å². The molecular weight excluding hydrogens is 488 g/mol. The smallest absolute Gasteiger partial charge is 0.262 e. The Balaban J connectivity index is 2.22. The average molecular weight is 523 g/mol. The monoisotopic (exact) mass is 522 g/mol. The summed E-state index contributed by atoms with van der Waals surface area (Å²) >= 11 is 0. The van der Waals surface area contributed by atoms with Gasteiger partial charge in [0.25, 0.3) is 22.2 Å². The molecule has 6 nitrogen and oxygen atoms in total. The maximum Gasteiger partial charge on any atom is 0.262 e. The van der Waals surface area contributed by atoms with Gasteiger partial charge in [-0.1, -0.05) is 81.4 Å². The van der Waals surface area contributed by atoms with Gasteiger partial charge in [0, 0.05) is 22.2 Å². The molecule has 3 aromatic carbocycles. The summed E-state index contributed by atoms with van der Waals surface area (Å²) < 4.78 is 2.66. The fourth-order valence-electron chi connectivity index (χ4n) is 5.79. The van der Waals surface area contributed by atoms with E-state index in [0.717, 1.165) is 0 Å². The molecular formula is C33H34N2O4. The highest BCUT2D eigenvalue weighted by atomic mass is 16.2. The van der Waals surface area contributed by atoms with Crippen LogP contribution in [0.25, 0.3) is 43.8 Å². The fraction of sp³-hybridized carbons (Fsp3) is 0.333. The van der Waals surface area contributed by atoms with Crippen LogP contribution in [-0.4, -0.2) is 9.13 Å². The van der Waals surface area contributed by atoms with Gasteiger partial charge in [0.05, 0.1) is 21.5 Å². The van der Waals surface area contributed by atoms with Crippen molar-refractivity contribution in [2.45, 2.75) is 71.9 Å². The van der Waals surface area contributed by atoms with Crippen LogP contribution >= 0.6 is 0 Å². The highest BCUT2D eigenvalue weighted by Crippen LogP contribution is 2.40. The summed E-state index contributed by atoms with van der Waals surface area (Å²) in [6.07, 6.45) is 1.70. The zero-order valence-electron chi connectivity index (χ0n) is 23.4. The second-order valence-corrected chi connectivity index (χ2v) is 11.2. The molecule has 5 rings (SSSR count). The van der Waals surface area contributed by atoms with Gasteiger partial charge in [-0.2, -0.15) is 0 Å². The number of rotatable bonds is 7. The van der Waals surface area contributed by atoms with E-state index < -0.39 is 33.3 Å². The predicted molar refractivity (Wildman–Crippen MR) is 160 cm³/mol. The highest BCUT2D eigenvalue weighted by molar-refractivity contribution is 6.21. The van der Waals surface area contributed by atoms with Crippen molar-refractivity contribution in [1.29, 1.82) is 0 Å². The van der Waals surface area contributed by atoms with E-state index in [1.807, 2.05) is 102 Å². The standard InChI is InChI=1S/C33H34N2O4/c1-7-32(4,5)34-28(36)24-22(20-16-12-10-13-17-20)26-27(31(39)35(30(26)38)33(6,8-2)9-3)23(25(24)29(34)37)21-18-14-11-15-19-21/h10-19H,7-9H2,1-6H3. The lowest BCUT2D eigenvalue weighted by Gasteiger charge is -2.27. The lowest BCUT2D eigenvalue weighted by Crippen LogP contribution is -2.42. The minimum Gasteiger partial charge on any atom is -0.269 e. The van der Waals surface area contributed by atoms with E-state index in [1.54, 1.807) is 0 Å². The van der Waals surface area contributed by atoms with Crippen LogP contribution in [0, 0.1) is 0 Å². The van der Waals surface area contributed by atoms with Crippen molar-refractivity contribution in [1.82, 2.24) is 9.13 Å². The number of benzene rings is 3. The molecule has 0 aliphatic carbocycles. The minimum atomic E-state index is -0.761. The molecule has 6 heteroatoms. The molecule has 0 saturated heterocycles. The Morgan fingerprint density at radius 2 is 0.846 bits per heavy atom. The SMILES string of the molecule is CCC(C)(C)n1c(=O)c2c(-c3ccccc3)c3c(=O)n(C(C)(CC)CC)c(=O)c3c(-c3ccccc3)c2c1=O. The molecule has 39 heavy (non-hydrogen) atoms. The summed E-state index contributed by atoms with van der Waals surface area (Å²) in [5, 5.41) is 0.800. The molecule has 0 fully saturated rings. The zero-order valence-corrected chi connectivity index (χ0v) is 23.4. The third-order valence-corrected chi connectivity index (χ3v) is 8.83. The lowest BCUT2D eigenvalue weighted by atomic mass is 9.89. The van der Waals surface area contributed by atoms with Gasteiger partial charge < -0.3 is 0 Å². The Morgan fingerprint density at radius 1 is 0.513 bits per heavy atom. The topological polar surface area (TPSA) is 78.1 Å². The number of hydrogen-bond donors (Lipinski definition) is 0. The Kier molecular flexibility index (Phi) is 6.33. The minimum absolute atomic E-state index is 0.197. The Hall–Kier alpha value is -4.06. The van der Waals surface area contributed by atoms with Gasteiger partial charge in [-0.25, -0.2) is 0 Å². The third-order valence-electron chi connectivity index (χ3n) is 8.83. The number of hydrogen-bond acceptors (Lipinski definition) is 4. The first-order valence-electron chi connectivity index (χ1n) is 13.7. The van der Waals surface area contributed by atoms with E-state index in [0.29, 0.717) is 41.5 Å². The van der Waals surface area contributed by atoms with Gasteiger partial charge in [0.2, 0.25) is 0 Å². The highest BCUT2D eigenvalue weighted by Gasteiger charge is 2.36. The number of nitrogens with zero attached hydrogens (tertiary/aromatic N) is 2. The molecule has 2 aromatic heterocycles. The molecule has 0 radical (unpaired) electrons. The molecule has 2 heterocycles. The van der Waals surface area contributed by atoms with Gasteiger partial charge in [-0.15, -0.1) is 0 Å². The molecule has 0 saturated carbocycles. The maximum atomic E-state index is 14.4. The van der Waals surface area contributed by atoms with E-state index in [2.05, 4.69) is 0 Å². The average Bonchev–Trinajstić information content (AvgIpc) is 3.37. The summed E-state index contributed by atoms with van der Waals surface area (Å²) in [7, 11) is 0. The Bertz CT molecular complexity index is 1790. The van der Waals surface area contributed by atoms with Crippen LogP contribution in [0.3, 0.4) is 0 Å². The van der Waals surface area contributed by atoms with E-state index >= 15 is 0 Å². The second kappa shape index (κ2) is 9.30. The normalized spacial score (nSPS) is 12.6. The zero-order chi connectivity index (χ0) is 28.3. The maximum absolute atomic E-state index is 14.4. The first-order valence-corrected chi connectivity index (χ1v) is 13.7. The Labute approximate surface area is 226 Å². The van der Waals surface area contributed by atoms with Crippen LogP contribution in [0.1, 0.15) is 60.8 Å². The van der Waals surface area contributed by atoms with Crippen LogP contribution < -0.4 is 22.2 Å². The van der Waals surface area contributed by atoms with Crippen LogP contribution in [0.15, 0.2) is 79.8 Å². The van der Waals surface area contributed by atoms with Gasteiger partial charge in [-0.05, 0) is 51.2 Å². The van der Waals surface area contributed by atoms with Crippen molar-refractivity contribution < 1.29 is 0 Å². The summed E-state index contributed by atoms with van der Waals surface area (Å²) in [6.45, 7) is 11.5. The summed E-state index contributed by atoms with van der Waals surface area (Å²) in [4.78, 5) is 57.3. The first kappa shape index (κ1) is 26.5. The largest absolute Gasteiger partial charge is 0.269 e. The summed E-state index contributed by atoms with van der Waals surface area (Å²) in [6, 6.07) is 18.3. The van der Waals surface area contributed by atoms with Crippen LogP contribution in [0.4, 0.5) is 0 Å². The van der Waals surface area contributed by atoms with Gasteiger partial charge >= 0.3 is 0 Å². The van der Waals surface area contributed by atoms with Crippen LogP contribution in [-0.2, 0) is 11.1 Å². The van der Waals surface area contributed by atoms with Crippen molar-refractivity contribution >= 4 is 21.5 Å². The van der Waals surface area contributed by atoms with Crippen LogP contribution in [0.5, 0.6) is 0 Å². The quantitative estimate of drug-likeness (QED) is 0.266. The van der Waals surface area contributed by atoms with Gasteiger partial charge in [0.1, 0.15) is 0 Å². The molecule has 0 N–H and O–H groups in total. The van der Waals surface area contributed by atoms with E-state index in [1.165, 1.54) is 9.13 Å². The molecule has 5 aromatic rings. The van der Waals surface area contributed by atoms with Crippen molar-refractivity contribution in [2.75, 3.05) is 0 Å². The van der Waals surface area contributed by atoms with E-state index in [4.69, 9.17) is 0 Å². The van der Waals surface area contributed by atoms with Crippen molar-refractivity contribution in [3.63, 3.8) is 0 Å². The lowest BCUT2D eigenvalue weighted by molar-refractivity contribution is 0.282. The fourth-order valence-corrected chi connectivity index (χ4v) is 5.79. The molecule has 0 amide bonds. The molecule has 200 valence electrons. The molecule has 0 atom stereocenters. The van der Waals surface area contributed by atoms with E-state index in [-0.39, 0.29) is 21.5 Å². The summed E-state index contributed by atoms with van der Waals surface area (Å²) in [5.74, 6) is 0. The van der Waals surface area contributed by atoms with Gasteiger partial charge in [0.15, 0.2) is 0 Å². The predicted octanol–water partition coefficient (Wildman–Crippen LogP) is 5.93. The molecule has 0 aliphatic heterocycles. The summed E-state index contributed by atoms with van der Waals surface area (Å²) in [5.41, 5.74) is -1.22. The number of aromatic nitrogens is 2. The Morgan fingerprint density at radius 3 is 1.15 bits per heavy atom. The van der Waals surface area contributed by atoms with Crippen LogP contribution in [0.2, 0.25) is 0 Å². The molecule has 0 unspecified atom stereocenters. The number of fused-ring (bicyclic) bond motifs is 2. The van der Waals surface area contributed by atoms with Crippen molar-refractivity contribution in [3.8, 4) is 22.3 Å². The second-order valence-electron chi connectivity index (χ2n) is 11.2. The van der Waals surface area contributed by atoms with Crippen molar-refractivity contribution in [3.05, 3.63) is 102 Å². The third kappa shape index (κ3) is 3.68. The molecule has 0 aliphatic rings. The molecule has 0 bridgehead atoms. The van der Waals surface area contributed by atoms with Crippen molar-refractivity contribution in [2.24, 2.45) is 0 Å².